The van der Waals surface area contributed by atoms with Gasteiger partial charge in [-0.1, -0.05) is 29.8 Å². The van der Waals surface area contributed by atoms with Gasteiger partial charge in [-0.2, -0.15) is 0 Å². The fourth-order valence-corrected chi connectivity index (χ4v) is 4.55. The van der Waals surface area contributed by atoms with Crippen molar-refractivity contribution < 1.29 is 18.7 Å². The average molecular weight is 475 g/mol. The number of aryl methyl sites for hydroxylation is 1. The van der Waals surface area contributed by atoms with Crippen LogP contribution in [0.4, 0.5) is 5.69 Å². The molecule has 0 saturated carbocycles. The molecule has 1 amide bonds. The second kappa shape index (κ2) is 10.1. The monoisotopic (exact) mass is 474 g/mol. The zero-order valence-electron chi connectivity index (χ0n) is 19.6. The van der Waals surface area contributed by atoms with Crippen LogP contribution >= 0.6 is 11.8 Å². The molecule has 3 aromatic rings. The molecular formula is C27H26N2O4S. The number of aliphatic imine (C=N–C) groups is 1. The van der Waals surface area contributed by atoms with E-state index in [9.17, 15) is 9.59 Å². The van der Waals surface area contributed by atoms with E-state index in [0.29, 0.717) is 33.8 Å². The molecule has 34 heavy (non-hydrogen) atoms. The number of furan rings is 1. The van der Waals surface area contributed by atoms with Crippen LogP contribution in [0.2, 0.25) is 0 Å². The summed E-state index contributed by atoms with van der Waals surface area (Å²) < 4.78 is 11.0. The number of amides is 1. The Hall–Kier alpha value is -3.58. The number of carbonyl (C=O) groups is 2. The van der Waals surface area contributed by atoms with E-state index >= 15 is 0 Å². The van der Waals surface area contributed by atoms with Gasteiger partial charge in [-0.3, -0.25) is 9.69 Å². The quantitative estimate of drug-likeness (QED) is 0.303. The van der Waals surface area contributed by atoms with Gasteiger partial charge in [0, 0.05) is 17.7 Å². The second-order valence-corrected chi connectivity index (χ2v) is 9.12. The Morgan fingerprint density at radius 2 is 1.79 bits per heavy atom. The normalized spacial score (nSPS) is 16.1. The molecule has 0 atom stereocenters. The lowest BCUT2D eigenvalue weighted by Crippen LogP contribution is -2.35. The maximum absolute atomic E-state index is 13.1. The number of ether oxygens (including phenoxy) is 1. The molecule has 0 bridgehead atoms. The van der Waals surface area contributed by atoms with Crippen molar-refractivity contribution >= 4 is 40.6 Å². The summed E-state index contributed by atoms with van der Waals surface area (Å²) in [4.78, 5) is 31.9. The SMILES string of the molecule is CCOC(=O)c1ccc(-c2ccc(/C=C3/SC(=Nc4ccc(C)cc4)N(C(C)C)C3=O)o2)cc1. The van der Waals surface area contributed by atoms with E-state index in [1.54, 1.807) is 30.0 Å². The van der Waals surface area contributed by atoms with E-state index in [1.807, 2.05) is 69.3 Å². The lowest BCUT2D eigenvalue weighted by atomic mass is 10.1. The van der Waals surface area contributed by atoms with Crippen molar-refractivity contribution in [2.24, 2.45) is 4.99 Å². The predicted molar refractivity (Wildman–Crippen MR) is 136 cm³/mol. The largest absolute Gasteiger partial charge is 0.462 e. The molecule has 0 radical (unpaired) electrons. The third-order valence-corrected chi connectivity index (χ3v) is 6.18. The number of rotatable bonds is 6. The number of hydrogen-bond acceptors (Lipinski definition) is 6. The second-order valence-electron chi connectivity index (χ2n) is 8.11. The summed E-state index contributed by atoms with van der Waals surface area (Å²) in [6.07, 6.45) is 1.75. The zero-order chi connectivity index (χ0) is 24.2. The minimum absolute atomic E-state index is 0.0276. The summed E-state index contributed by atoms with van der Waals surface area (Å²) >= 11 is 1.34. The van der Waals surface area contributed by atoms with Crippen molar-refractivity contribution in [3.8, 4) is 11.3 Å². The van der Waals surface area contributed by atoms with Crippen LogP contribution in [0.3, 0.4) is 0 Å². The van der Waals surface area contributed by atoms with Crippen LogP contribution in [-0.2, 0) is 9.53 Å². The van der Waals surface area contributed by atoms with Crippen molar-refractivity contribution in [2.75, 3.05) is 6.61 Å². The number of carbonyl (C=O) groups excluding carboxylic acids is 2. The Labute approximate surface area is 203 Å². The minimum Gasteiger partial charge on any atom is -0.462 e. The van der Waals surface area contributed by atoms with Crippen LogP contribution in [-0.4, -0.2) is 34.6 Å². The fraction of sp³-hybridized carbons (Fsp3) is 0.222. The van der Waals surface area contributed by atoms with E-state index in [4.69, 9.17) is 14.1 Å². The Kier molecular flexibility index (Phi) is 7.03. The average Bonchev–Trinajstić information content (AvgIpc) is 3.40. The Balaban J connectivity index is 1.56. The van der Waals surface area contributed by atoms with Gasteiger partial charge >= 0.3 is 5.97 Å². The molecule has 1 aliphatic rings. The molecule has 2 aromatic carbocycles. The molecule has 0 N–H and O–H groups in total. The number of amidine groups is 1. The first-order valence-electron chi connectivity index (χ1n) is 11.1. The van der Waals surface area contributed by atoms with Crippen molar-refractivity contribution in [3.05, 3.63) is 82.5 Å². The first-order valence-corrected chi connectivity index (χ1v) is 11.9. The zero-order valence-corrected chi connectivity index (χ0v) is 20.4. The lowest BCUT2D eigenvalue weighted by Gasteiger charge is -2.19. The Bertz CT molecular complexity index is 1250. The molecule has 0 unspecified atom stereocenters. The number of esters is 1. The number of nitrogens with zero attached hydrogens (tertiary/aromatic N) is 2. The first-order chi connectivity index (χ1) is 16.4. The van der Waals surface area contributed by atoms with Crippen molar-refractivity contribution in [1.82, 2.24) is 4.90 Å². The fourth-order valence-electron chi connectivity index (χ4n) is 3.45. The van der Waals surface area contributed by atoms with Crippen LogP contribution in [0.25, 0.3) is 17.4 Å². The molecular weight excluding hydrogens is 448 g/mol. The Morgan fingerprint density at radius 1 is 1.09 bits per heavy atom. The molecule has 7 heteroatoms. The van der Waals surface area contributed by atoms with Crippen LogP contribution in [0.5, 0.6) is 0 Å². The smallest absolute Gasteiger partial charge is 0.338 e. The minimum atomic E-state index is -0.353. The van der Waals surface area contributed by atoms with Gasteiger partial charge in [-0.25, -0.2) is 9.79 Å². The molecule has 1 aliphatic heterocycles. The number of benzene rings is 2. The Morgan fingerprint density at radius 3 is 2.44 bits per heavy atom. The van der Waals surface area contributed by atoms with Gasteiger partial charge in [-0.15, -0.1) is 0 Å². The summed E-state index contributed by atoms with van der Waals surface area (Å²) in [5.74, 6) is 0.767. The molecule has 6 nitrogen and oxygen atoms in total. The summed E-state index contributed by atoms with van der Waals surface area (Å²) in [6, 6.07) is 18.6. The van der Waals surface area contributed by atoms with Gasteiger partial charge in [0.15, 0.2) is 5.17 Å². The van der Waals surface area contributed by atoms with E-state index in [2.05, 4.69) is 0 Å². The molecule has 4 rings (SSSR count). The molecule has 2 heterocycles. The standard InChI is InChI=1S/C27H26N2O4S/c1-5-32-26(31)20-10-8-19(9-11-20)23-15-14-22(33-23)16-24-25(30)29(17(2)3)27(34-24)28-21-12-6-18(4)7-13-21/h6-17H,5H2,1-4H3/b24-16+,28-27?. The first kappa shape index (κ1) is 23.6. The maximum atomic E-state index is 13.1. The van der Waals surface area contributed by atoms with Gasteiger partial charge in [-0.05, 0) is 75.9 Å². The number of hydrogen-bond donors (Lipinski definition) is 0. The maximum Gasteiger partial charge on any atom is 0.338 e. The summed E-state index contributed by atoms with van der Waals surface area (Å²) in [6.45, 7) is 8.07. The molecule has 0 aliphatic carbocycles. The number of thioether (sulfide) groups is 1. The van der Waals surface area contributed by atoms with Crippen LogP contribution in [0.15, 0.2) is 75.0 Å². The highest BCUT2D eigenvalue weighted by molar-refractivity contribution is 8.18. The highest BCUT2D eigenvalue weighted by atomic mass is 32.2. The highest BCUT2D eigenvalue weighted by Crippen LogP contribution is 2.36. The molecule has 0 spiro atoms. The third kappa shape index (κ3) is 5.15. The van der Waals surface area contributed by atoms with E-state index < -0.39 is 0 Å². The van der Waals surface area contributed by atoms with Gasteiger partial charge < -0.3 is 9.15 Å². The predicted octanol–water partition coefficient (Wildman–Crippen LogP) is 6.44. The third-order valence-electron chi connectivity index (χ3n) is 5.19. The van der Waals surface area contributed by atoms with Gasteiger partial charge in [0.1, 0.15) is 11.5 Å². The summed E-state index contributed by atoms with van der Waals surface area (Å²) in [5.41, 5.74) is 3.28. The topological polar surface area (TPSA) is 72.1 Å². The lowest BCUT2D eigenvalue weighted by molar-refractivity contribution is -0.123. The van der Waals surface area contributed by atoms with Crippen LogP contribution in [0, 0.1) is 6.92 Å². The van der Waals surface area contributed by atoms with E-state index in [0.717, 1.165) is 16.8 Å². The summed E-state index contributed by atoms with van der Waals surface area (Å²) in [7, 11) is 0. The van der Waals surface area contributed by atoms with Crippen molar-refractivity contribution in [1.29, 1.82) is 0 Å². The van der Waals surface area contributed by atoms with E-state index in [-0.39, 0.29) is 17.9 Å². The molecule has 174 valence electrons. The van der Waals surface area contributed by atoms with Crippen molar-refractivity contribution in [2.45, 2.75) is 33.7 Å². The molecule has 1 saturated heterocycles. The van der Waals surface area contributed by atoms with Crippen LogP contribution in [0.1, 0.15) is 42.5 Å². The van der Waals surface area contributed by atoms with Crippen molar-refractivity contribution in [3.63, 3.8) is 0 Å². The van der Waals surface area contributed by atoms with Gasteiger partial charge in [0.25, 0.3) is 5.91 Å². The highest BCUT2D eigenvalue weighted by Gasteiger charge is 2.35. The molecule has 1 fully saturated rings. The molecule has 1 aromatic heterocycles. The van der Waals surface area contributed by atoms with Crippen LogP contribution < -0.4 is 0 Å². The van der Waals surface area contributed by atoms with E-state index in [1.165, 1.54) is 11.8 Å². The summed E-state index contributed by atoms with van der Waals surface area (Å²) in [5, 5.41) is 0.649. The van der Waals surface area contributed by atoms with Gasteiger partial charge in [0.05, 0.1) is 22.8 Å². The van der Waals surface area contributed by atoms with Gasteiger partial charge in [0.2, 0.25) is 0 Å².